The molecule has 0 saturated carbocycles. The third-order valence-corrected chi connectivity index (χ3v) is 5.79. The van der Waals surface area contributed by atoms with Gasteiger partial charge in [-0.1, -0.05) is 6.07 Å². The van der Waals surface area contributed by atoms with Gasteiger partial charge in [0.15, 0.2) is 11.4 Å². The largest absolute Gasteiger partial charge is 0.502 e. The number of aromatic hydroxyl groups is 1. The standard InChI is InChI=1S/C22H18FN3O5S/c1-30-19(28)10-16(17-11-25-26-7-3-6-24-22(17)26)21-20(29)18(27)9-14(31-21)12-32-15-5-2-4-13(23)8-15/h2-9,11,16,29H,10,12H2,1H3/t16-/m0/s1. The molecule has 8 nitrogen and oxygen atoms in total. The van der Waals surface area contributed by atoms with Gasteiger partial charge in [-0.15, -0.1) is 11.8 Å². The lowest BCUT2D eigenvalue weighted by molar-refractivity contribution is -0.140. The van der Waals surface area contributed by atoms with Crippen LogP contribution in [0, 0.1) is 5.82 Å². The van der Waals surface area contributed by atoms with Crippen molar-refractivity contribution in [2.45, 2.75) is 23.0 Å². The summed E-state index contributed by atoms with van der Waals surface area (Å²) in [6.07, 6.45) is 4.55. The van der Waals surface area contributed by atoms with Crippen LogP contribution in [0.15, 0.2) is 69.1 Å². The van der Waals surface area contributed by atoms with Gasteiger partial charge in [0.25, 0.3) is 0 Å². The van der Waals surface area contributed by atoms with Crippen LogP contribution in [0.4, 0.5) is 4.39 Å². The van der Waals surface area contributed by atoms with E-state index in [2.05, 4.69) is 10.1 Å². The van der Waals surface area contributed by atoms with Gasteiger partial charge in [-0.05, 0) is 24.3 Å². The summed E-state index contributed by atoms with van der Waals surface area (Å²) < 4.78 is 25.6. The molecular weight excluding hydrogens is 437 g/mol. The zero-order valence-corrected chi connectivity index (χ0v) is 17.7. The molecular formula is C22H18FN3O5S. The molecule has 0 aliphatic carbocycles. The maximum atomic E-state index is 13.4. The Morgan fingerprint density at radius 1 is 1.34 bits per heavy atom. The quantitative estimate of drug-likeness (QED) is 0.333. The van der Waals surface area contributed by atoms with Crippen LogP contribution >= 0.6 is 11.8 Å². The number of hydrogen-bond acceptors (Lipinski definition) is 8. The summed E-state index contributed by atoms with van der Waals surface area (Å²) in [7, 11) is 1.25. The number of esters is 1. The lowest BCUT2D eigenvalue weighted by atomic mass is 9.94. The lowest BCUT2D eigenvalue weighted by Crippen LogP contribution is -2.14. The number of fused-ring (bicyclic) bond motifs is 1. The number of aromatic nitrogens is 3. The number of thioether (sulfide) groups is 1. The molecule has 0 amide bonds. The summed E-state index contributed by atoms with van der Waals surface area (Å²) in [6.45, 7) is 0. The second-order valence-corrected chi connectivity index (χ2v) is 7.91. The topological polar surface area (TPSA) is 107 Å². The summed E-state index contributed by atoms with van der Waals surface area (Å²) in [6, 6.07) is 8.90. The number of rotatable bonds is 7. The Morgan fingerprint density at radius 3 is 2.97 bits per heavy atom. The van der Waals surface area contributed by atoms with Crippen molar-refractivity contribution in [3.63, 3.8) is 0 Å². The molecule has 0 radical (unpaired) electrons. The molecule has 0 aliphatic rings. The summed E-state index contributed by atoms with van der Waals surface area (Å²) in [5.41, 5.74) is 0.285. The molecule has 1 aromatic carbocycles. The first-order chi connectivity index (χ1) is 15.5. The number of carbonyl (C=O) groups is 1. The summed E-state index contributed by atoms with van der Waals surface area (Å²) in [4.78, 5) is 29.6. The molecule has 1 atom stereocenters. The van der Waals surface area contributed by atoms with Crippen LogP contribution in [-0.2, 0) is 15.3 Å². The van der Waals surface area contributed by atoms with Crippen LogP contribution in [0.25, 0.3) is 5.65 Å². The molecule has 0 bridgehead atoms. The third-order valence-electron chi connectivity index (χ3n) is 4.77. The number of carbonyl (C=O) groups excluding carboxylic acids is 1. The Kier molecular flexibility index (Phi) is 6.22. The van der Waals surface area contributed by atoms with Gasteiger partial charge in [-0.25, -0.2) is 13.9 Å². The minimum Gasteiger partial charge on any atom is -0.502 e. The van der Waals surface area contributed by atoms with E-state index in [-0.39, 0.29) is 29.5 Å². The molecule has 0 aliphatic heterocycles. The predicted octanol–water partition coefficient (Wildman–Crippen LogP) is 3.51. The van der Waals surface area contributed by atoms with Gasteiger partial charge < -0.3 is 14.3 Å². The van der Waals surface area contributed by atoms with E-state index in [9.17, 15) is 19.1 Å². The number of hydrogen-bond donors (Lipinski definition) is 1. The van der Waals surface area contributed by atoms with Crippen LogP contribution in [-0.4, -0.2) is 32.8 Å². The Morgan fingerprint density at radius 2 is 2.19 bits per heavy atom. The molecule has 3 aromatic heterocycles. The highest BCUT2D eigenvalue weighted by atomic mass is 32.2. The average Bonchev–Trinajstić information content (AvgIpc) is 3.22. The Labute approximate surface area is 185 Å². The molecule has 3 heterocycles. The summed E-state index contributed by atoms with van der Waals surface area (Å²) in [5, 5.41) is 14.7. The first-order valence-corrected chi connectivity index (χ1v) is 10.5. The van der Waals surface area contributed by atoms with Gasteiger partial charge in [0, 0.05) is 28.9 Å². The number of halogens is 1. The highest BCUT2D eigenvalue weighted by molar-refractivity contribution is 7.98. The minimum absolute atomic E-state index is 0.0849. The van der Waals surface area contributed by atoms with Crippen LogP contribution < -0.4 is 5.43 Å². The smallest absolute Gasteiger partial charge is 0.306 e. The fourth-order valence-corrected chi connectivity index (χ4v) is 4.08. The van der Waals surface area contributed by atoms with E-state index >= 15 is 0 Å². The number of nitrogens with zero attached hydrogens (tertiary/aromatic N) is 3. The monoisotopic (exact) mass is 455 g/mol. The average molecular weight is 455 g/mol. The molecule has 0 spiro atoms. The minimum atomic E-state index is -0.860. The van der Waals surface area contributed by atoms with Crippen molar-refractivity contribution in [2.24, 2.45) is 0 Å². The molecule has 32 heavy (non-hydrogen) atoms. The second kappa shape index (κ2) is 9.23. The first kappa shape index (κ1) is 21.6. The van der Waals surface area contributed by atoms with E-state index in [0.29, 0.717) is 16.1 Å². The number of ether oxygens (including phenoxy) is 1. The fourth-order valence-electron chi connectivity index (χ4n) is 3.26. The molecule has 4 aromatic rings. The third kappa shape index (κ3) is 4.50. The van der Waals surface area contributed by atoms with E-state index < -0.39 is 23.1 Å². The van der Waals surface area contributed by atoms with E-state index in [1.54, 1.807) is 30.6 Å². The van der Waals surface area contributed by atoms with Crippen LogP contribution in [0.3, 0.4) is 0 Å². The van der Waals surface area contributed by atoms with Crippen molar-refractivity contribution < 1.29 is 23.4 Å². The highest BCUT2D eigenvalue weighted by Crippen LogP contribution is 2.35. The van der Waals surface area contributed by atoms with Crippen molar-refractivity contribution in [3.8, 4) is 5.75 Å². The van der Waals surface area contributed by atoms with Crippen LogP contribution in [0.5, 0.6) is 5.75 Å². The molecule has 1 N–H and O–H groups in total. The summed E-state index contributed by atoms with van der Waals surface area (Å²) >= 11 is 1.27. The Hall–Kier alpha value is -3.66. The Bertz CT molecular complexity index is 1340. The van der Waals surface area contributed by atoms with Crippen molar-refractivity contribution in [1.82, 2.24) is 14.6 Å². The van der Waals surface area contributed by atoms with Gasteiger partial charge in [0.1, 0.15) is 11.6 Å². The lowest BCUT2D eigenvalue weighted by Gasteiger charge is -2.16. The second-order valence-electron chi connectivity index (χ2n) is 6.86. The van der Waals surface area contributed by atoms with Gasteiger partial charge in [0.05, 0.1) is 31.4 Å². The van der Waals surface area contributed by atoms with Gasteiger partial charge in [-0.2, -0.15) is 5.10 Å². The zero-order chi connectivity index (χ0) is 22.7. The van der Waals surface area contributed by atoms with Crippen molar-refractivity contribution in [3.05, 3.63) is 88.1 Å². The SMILES string of the molecule is COC(=O)C[C@H](c1oc(CSc2cccc(F)c2)cc(=O)c1O)c1cnn2cccnc12. The maximum Gasteiger partial charge on any atom is 0.306 e. The van der Waals surface area contributed by atoms with Gasteiger partial charge in [0.2, 0.25) is 11.2 Å². The van der Waals surface area contributed by atoms with E-state index in [0.717, 1.165) is 0 Å². The van der Waals surface area contributed by atoms with Crippen LogP contribution in [0.2, 0.25) is 0 Å². The molecule has 164 valence electrons. The first-order valence-electron chi connectivity index (χ1n) is 9.55. The van der Waals surface area contributed by atoms with Gasteiger partial charge >= 0.3 is 5.97 Å². The maximum absolute atomic E-state index is 13.4. The van der Waals surface area contributed by atoms with Crippen LogP contribution in [0.1, 0.15) is 29.4 Å². The molecule has 0 unspecified atom stereocenters. The van der Waals surface area contributed by atoms with E-state index in [4.69, 9.17) is 9.15 Å². The molecule has 10 heteroatoms. The number of methoxy groups -OCH3 is 1. The zero-order valence-electron chi connectivity index (χ0n) is 16.9. The normalized spacial score (nSPS) is 12.1. The fraction of sp³-hybridized carbons (Fsp3) is 0.182. The number of benzene rings is 1. The highest BCUT2D eigenvalue weighted by Gasteiger charge is 2.29. The summed E-state index contributed by atoms with van der Waals surface area (Å²) in [5.74, 6) is -2.01. The van der Waals surface area contributed by atoms with E-state index in [1.165, 1.54) is 47.8 Å². The van der Waals surface area contributed by atoms with E-state index in [1.807, 2.05) is 0 Å². The molecule has 0 fully saturated rings. The van der Waals surface area contributed by atoms with Crippen molar-refractivity contribution >= 4 is 23.4 Å². The van der Waals surface area contributed by atoms with Crippen molar-refractivity contribution in [1.29, 1.82) is 0 Å². The Balaban J connectivity index is 1.74. The van der Waals surface area contributed by atoms with Crippen molar-refractivity contribution in [2.75, 3.05) is 7.11 Å². The predicted molar refractivity (Wildman–Crippen MR) is 114 cm³/mol. The van der Waals surface area contributed by atoms with Gasteiger partial charge in [-0.3, -0.25) is 9.59 Å². The molecule has 4 rings (SSSR count). The molecule has 0 saturated heterocycles.